The van der Waals surface area contributed by atoms with Crippen LogP contribution in [0.25, 0.3) is 82.7 Å². The molecule has 0 bridgehead atoms. The summed E-state index contributed by atoms with van der Waals surface area (Å²) >= 11 is 0. The predicted molar refractivity (Wildman–Crippen MR) is 196 cm³/mol. The van der Waals surface area contributed by atoms with E-state index in [1.54, 1.807) is 6.20 Å². The molecule has 0 atom stereocenters. The Morgan fingerprint density at radius 1 is 0.551 bits per heavy atom. The Bertz CT molecular complexity index is 2680. The first-order valence-electron chi connectivity index (χ1n) is 15.9. The van der Waals surface area contributed by atoms with E-state index in [1.165, 1.54) is 21.7 Å². The van der Waals surface area contributed by atoms with E-state index >= 15 is 0 Å². The third-order valence-corrected chi connectivity index (χ3v) is 8.80. The van der Waals surface area contributed by atoms with Crippen molar-refractivity contribution in [2.24, 2.45) is 0 Å². The van der Waals surface area contributed by atoms with Crippen LogP contribution in [0.4, 0.5) is 0 Å². The van der Waals surface area contributed by atoms with Crippen LogP contribution in [0.5, 0.6) is 0 Å². The maximum absolute atomic E-state index is 6.30. The van der Waals surface area contributed by atoms with Crippen molar-refractivity contribution in [3.05, 3.63) is 176 Å². The fraction of sp³-hybridized carbons (Fsp3) is 0. The van der Waals surface area contributed by atoms with Gasteiger partial charge in [-0.2, -0.15) is 0 Å². The average molecular weight is 806 g/mol. The number of pyridine rings is 2. The second-order valence-corrected chi connectivity index (χ2v) is 11.6. The summed E-state index contributed by atoms with van der Waals surface area (Å²) in [4.78, 5) is 9.15. The van der Waals surface area contributed by atoms with Gasteiger partial charge >= 0.3 is 0 Å². The average Bonchev–Trinajstić information content (AvgIpc) is 3.72. The number of rotatable bonds is 3. The van der Waals surface area contributed by atoms with Gasteiger partial charge in [0.05, 0.1) is 11.1 Å². The summed E-state index contributed by atoms with van der Waals surface area (Å²) in [6, 6.07) is 58.1. The molecule has 6 aromatic carbocycles. The standard InChI is InChI=1S/C33H19N2O.C11H8N.Ir/c1-2-10-22(11-3-1)35-30-19-29(27-15-8-14-26-24-13-6-7-16-31(24)36-33(26)27)34-20-28(30)25-18-17-21-9-4-5-12-23(21)32(25)35;1-2-6-10(7-3-1)11-8-4-5-9-12-11;/h1-14,16-20H;1-6,8-9H;/q2*-1;. The number of hydrogen-bond acceptors (Lipinski definition) is 3. The van der Waals surface area contributed by atoms with Gasteiger partial charge in [-0.25, -0.2) is 0 Å². The summed E-state index contributed by atoms with van der Waals surface area (Å²) < 4.78 is 8.66. The fourth-order valence-corrected chi connectivity index (χ4v) is 6.61. The maximum Gasteiger partial charge on any atom is 0.120 e. The van der Waals surface area contributed by atoms with Gasteiger partial charge in [0.1, 0.15) is 5.58 Å². The van der Waals surface area contributed by atoms with E-state index in [0.717, 1.165) is 61.0 Å². The van der Waals surface area contributed by atoms with E-state index in [4.69, 9.17) is 9.40 Å². The molecule has 0 spiro atoms. The van der Waals surface area contributed by atoms with Crippen LogP contribution in [0, 0.1) is 12.1 Å². The molecule has 4 aromatic heterocycles. The van der Waals surface area contributed by atoms with E-state index in [9.17, 15) is 0 Å². The zero-order chi connectivity index (χ0) is 31.9. The Kier molecular flexibility index (Phi) is 8.06. The third-order valence-electron chi connectivity index (χ3n) is 8.80. The van der Waals surface area contributed by atoms with Gasteiger partial charge < -0.3 is 19.0 Å². The van der Waals surface area contributed by atoms with Crippen molar-refractivity contribution in [3.63, 3.8) is 0 Å². The van der Waals surface area contributed by atoms with Crippen LogP contribution in [0.15, 0.2) is 168 Å². The molecule has 0 aliphatic carbocycles. The molecule has 0 aliphatic heterocycles. The van der Waals surface area contributed by atoms with Crippen LogP contribution in [0.3, 0.4) is 0 Å². The Morgan fingerprint density at radius 3 is 2.18 bits per heavy atom. The molecular formula is C44H27IrN3O-2. The minimum atomic E-state index is 0. The van der Waals surface area contributed by atoms with E-state index < -0.39 is 0 Å². The second kappa shape index (κ2) is 13.0. The number of hydrogen-bond donors (Lipinski definition) is 0. The van der Waals surface area contributed by atoms with E-state index in [0.29, 0.717) is 0 Å². The van der Waals surface area contributed by atoms with Crippen LogP contribution < -0.4 is 0 Å². The number of benzene rings is 6. The maximum atomic E-state index is 6.30. The van der Waals surface area contributed by atoms with Gasteiger partial charge in [-0.3, -0.25) is 0 Å². The number of fused-ring (bicyclic) bond motifs is 8. The van der Waals surface area contributed by atoms with Gasteiger partial charge in [0.2, 0.25) is 0 Å². The van der Waals surface area contributed by atoms with Crippen molar-refractivity contribution in [2.75, 3.05) is 0 Å². The SMILES string of the molecule is [Ir].[c-]1ccc2c(oc3ccccc32)c1-c1cc2c(cn1)c1ccc3ccccc3c1n2-c1ccccc1.[c-]1ccccc1-c1ccccn1. The van der Waals surface area contributed by atoms with Crippen molar-refractivity contribution in [1.29, 1.82) is 0 Å². The molecule has 0 unspecified atom stereocenters. The van der Waals surface area contributed by atoms with Crippen LogP contribution in [-0.4, -0.2) is 14.5 Å². The molecule has 0 aliphatic rings. The summed E-state index contributed by atoms with van der Waals surface area (Å²) in [6.07, 6.45) is 3.78. The van der Waals surface area contributed by atoms with Crippen LogP contribution in [0.2, 0.25) is 0 Å². The zero-order valence-corrected chi connectivity index (χ0v) is 28.6. The molecule has 49 heavy (non-hydrogen) atoms. The summed E-state index contributed by atoms with van der Waals surface area (Å²) in [5, 5.41) is 6.95. The zero-order valence-electron chi connectivity index (χ0n) is 26.2. The van der Waals surface area contributed by atoms with Gasteiger partial charge in [-0.15, -0.1) is 54.1 Å². The number of aromatic nitrogens is 3. The van der Waals surface area contributed by atoms with Crippen LogP contribution >= 0.6 is 0 Å². The third kappa shape index (κ3) is 5.40. The molecule has 0 N–H and O–H groups in total. The summed E-state index contributed by atoms with van der Waals surface area (Å²) in [6.45, 7) is 0. The fourth-order valence-electron chi connectivity index (χ4n) is 6.61. The van der Waals surface area contributed by atoms with Crippen molar-refractivity contribution in [1.82, 2.24) is 14.5 Å². The molecule has 4 heterocycles. The molecule has 0 fully saturated rings. The molecule has 4 nitrogen and oxygen atoms in total. The largest absolute Gasteiger partial charge is 0.501 e. The molecule has 235 valence electrons. The van der Waals surface area contributed by atoms with E-state index in [2.05, 4.69) is 107 Å². The number of nitrogens with zero attached hydrogens (tertiary/aromatic N) is 3. The Balaban J connectivity index is 0.000000228. The molecule has 0 amide bonds. The molecule has 0 saturated carbocycles. The molecule has 1 radical (unpaired) electrons. The second-order valence-electron chi connectivity index (χ2n) is 11.6. The quantitative estimate of drug-likeness (QED) is 0.167. The van der Waals surface area contributed by atoms with Crippen molar-refractivity contribution in [2.45, 2.75) is 0 Å². The summed E-state index contributed by atoms with van der Waals surface area (Å²) in [5.41, 5.74) is 8.85. The Hall–Kier alpha value is -5.87. The van der Waals surface area contributed by atoms with E-state index in [1.807, 2.05) is 72.9 Å². The van der Waals surface area contributed by atoms with Gasteiger partial charge in [0.15, 0.2) is 0 Å². The molecule has 5 heteroatoms. The predicted octanol–water partition coefficient (Wildman–Crippen LogP) is 11.2. The first-order chi connectivity index (χ1) is 23.8. The molecule has 10 rings (SSSR count). The van der Waals surface area contributed by atoms with Crippen LogP contribution in [0.1, 0.15) is 0 Å². The summed E-state index contributed by atoms with van der Waals surface area (Å²) in [7, 11) is 0. The van der Waals surface area contributed by atoms with Crippen molar-refractivity contribution >= 4 is 54.5 Å². The summed E-state index contributed by atoms with van der Waals surface area (Å²) in [5.74, 6) is 0. The first-order valence-corrected chi connectivity index (χ1v) is 15.9. The normalized spacial score (nSPS) is 11.1. The van der Waals surface area contributed by atoms with Crippen LogP contribution in [-0.2, 0) is 20.1 Å². The monoisotopic (exact) mass is 806 g/mol. The van der Waals surface area contributed by atoms with Crippen molar-refractivity contribution < 1.29 is 24.5 Å². The first kappa shape index (κ1) is 30.5. The number of para-hydroxylation sites is 2. The minimum absolute atomic E-state index is 0. The molecular weight excluding hydrogens is 779 g/mol. The van der Waals surface area contributed by atoms with Gasteiger partial charge in [0, 0.05) is 65.2 Å². The van der Waals surface area contributed by atoms with Gasteiger partial charge in [-0.05, 0) is 41.0 Å². The molecule has 0 saturated heterocycles. The topological polar surface area (TPSA) is 43.9 Å². The van der Waals surface area contributed by atoms with E-state index in [-0.39, 0.29) is 20.1 Å². The minimum Gasteiger partial charge on any atom is -0.501 e. The van der Waals surface area contributed by atoms with Crippen molar-refractivity contribution in [3.8, 4) is 28.2 Å². The van der Waals surface area contributed by atoms with Gasteiger partial charge in [-0.1, -0.05) is 102 Å². The smallest absolute Gasteiger partial charge is 0.120 e. The Morgan fingerprint density at radius 2 is 1.35 bits per heavy atom. The molecule has 10 aromatic rings. The number of furan rings is 1. The van der Waals surface area contributed by atoms with Gasteiger partial charge in [0.25, 0.3) is 0 Å². The Labute approximate surface area is 296 Å².